The molecule has 0 radical (unpaired) electrons. The maximum absolute atomic E-state index is 4.33. The molecule has 18 heavy (non-hydrogen) atoms. The number of nitrogens with one attached hydrogen (secondary N) is 1. The molecule has 0 amide bonds. The van der Waals surface area contributed by atoms with Crippen LogP contribution in [-0.4, -0.2) is 48.6 Å². The van der Waals surface area contributed by atoms with Crippen LogP contribution in [0.1, 0.15) is 19.8 Å². The van der Waals surface area contributed by atoms with Crippen molar-refractivity contribution in [2.24, 2.45) is 0 Å². The second kappa shape index (κ2) is 5.14. The molecule has 1 aliphatic carbocycles. The van der Waals surface area contributed by atoms with E-state index in [4.69, 9.17) is 0 Å². The van der Waals surface area contributed by atoms with Crippen molar-refractivity contribution in [3.63, 3.8) is 0 Å². The third-order valence-corrected chi connectivity index (χ3v) is 3.85. The van der Waals surface area contributed by atoms with Gasteiger partial charge in [-0.25, -0.2) is 0 Å². The van der Waals surface area contributed by atoms with Gasteiger partial charge in [-0.05, 0) is 25.8 Å². The van der Waals surface area contributed by atoms with Crippen molar-refractivity contribution in [2.75, 3.05) is 42.9 Å². The molecule has 2 fully saturated rings. The van der Waals surface area contributed by atoms with E-state index in [1.807, 2.05) is 12.4 Å². The van der Waals surface area contributed by atoms with Gasteiger partial charge in [0.25, 0.3) is 0 Å². The Hall–Kier alpha value is -1.29. The summed E-state index contributed by atoms with van der Waals surface area (Å²) in [6, 6.07) is 3.11. The van der Waals surface area contributed by atoms with Gasteiger partial charge in [0.15, 0.2) is 0 Å². The Bertz CT molecular complexity index is 395. The molecule has 1 saturated heterocycles. The summed E-state index contributed by atoms with van der Waals surface area (Å²) in [7, 11) is 0. The molecule has 2 aliphatic rings. The predicted octanol–water partition coefficient (Wildman–Crippen LogP) is 1.80. The van der Waals surface area contributed by atoms with E-state index in [9.17, 15) is 0 Å². The summed E-state index contributed by atoms with van der Waals surface area (Å²) in [6.07, 6.45) is 6.70. The van der Waals surface area contributed by atoms with Gasteiger partial charge in [-0.15, -0.1) is 0 Å². The van der Waals surface area contributed by atoms with Crippen LogP contribution >= 0.6 is 0 Å². The second-order valence-electron chi connectivity index (χ2n) is 5.22. The first-order valence-corrected chi connectivity index (χ1v) is 7.04. The van der Waals surface area contributed by atoms with Crippen molar-refractivity contribution in [3.05, 3.63) is 18.5 Å². The lowest BCUT2D eigenvalue weighted by Gasteiger charge is -2.36. The number of aromatic nitrogens is 1. The van der Waals surface area contributed by atoms with Gasteiger partial charge in [0.05, 0.1) is 23.8 Å². The number of anilines is 2. The third kappa shape index (κ3) is 2.58. The predicted molar refractivity (Wildman–Crippen MR) is 75.2 cm³/mol. The molecule has 0 aromatic carbocycles. The molecule has 0 bridgehead atoms. The molecule has 4 heteroatoms. The maximum Gasteiger partial charge on any atom is 0.0574 e. The topological polar surface area (TPSA) is 31.4 Å². The lowest BCUT2D eigenvalue weighted by molar-refractivity contribution is 0.248. The van der Waals surface area contributed by atoms with Crippen molar-refractivity contribution in [1.82, 2.24) is 9.88 Å². The Kier molecular flexibility index (Phi) is 3.37. The average Bonchev–Trinajstić information content (AvgIpc) is 3.24. The van der Waals surface area contributed by atoms with Crippen molar-refractivity contribution >= 4 is 11.4 Å². The Labute approximate surface area is 109 Å². The second-order valence-corrected chi connectivity index (χ2v) is 5.22. The molecule has 1 N–H and O–H groups in total. The highest BCUT2D eigenvalue weighted by atomic mass is 15.3. The van der Waals surface area contributed by atoms with E-state index in [2.05, 4.69) is 33.1 Å². The molecule has 0 spiro atoms. The number of hydrogen-bond acceptors (Lipinski definition) is 4. The molecular formula is C14H22N4. The van der Waals surface area contributed by atoms with Crippen molar-refractivity contribution < 1.29 is 0 Å². The lowest BCUT2D eigenvalue weighted by atomic mass is 10.2. The molecule has 1 aromatic rings. The normalized spacial score (nSPS) is 21.1. The Morgan fingerprint density at radius 3 is 2.67 bits per heavy atom. The zero-order chi connectivity index (χ0) is 12.4. The molecule has 0 atom stereocenters. The fourth-order valence-electron chi connectivity index (χ4n) is 2.69. The first-order valence-electron chi connectivity index (χ1n) is 7.04. The van der Waals surface area contributed by atoms with E-state index in [0.717, 1.165) is 31.4 Å². The minimum Gasteiger partial charge on any atom is -0.384 e. The van der Waals surface area contributed by atoms with E-state index in [1.165, 1.54) is 31.6 Å². The first-order chi connectivity index (χ1) is 8.86. The fourth-order valence-corrected chi connectivity index (χ4v) is 2.69. The van der Waals surface area contributed by atoms with Crippen molar-refractivity contribution in [3.8, 4) is 0 Å². The summed E-state index contributed by atoms with van der Waals surface area (Å²) >= 11 is 0. The van der Waals surface area contributed by atoms with Crippen LogP contribution in [0.2, 0.25) is 0 Å². The van der Waals surface area contributed by atoms with E-state index < -0.39 is 0 Å². The van der Waals surface area contributed by atoms with Gasteiger partial charge in [-0.1, -0.05) is 0 Å². The summed E-state index contributed by atoms with van der Waals surface area (Å²) in [5, 5.41) is 3.32. The highest BCUT2D eigenvalue weighted by Gasteiger charge is 2.31. The molecule has 1 aromatic heterocycles. The number of piperazine rings is 1. The van der Waals surface area contributed by atoms with Gasteiger partial charge in [-0.3, -0.25) is 9.88 Å². The molecule has 4 nitrogen and oxygen atoms in total. The van der Waals surface area contributed by atoms with Gasteiger partial charge >= 0.3 is 0 Å². The number of rotatable bonds is 4. The van der Waals surface area contributed by atoms with Crippen molar-refractivity contribution in [1.29, 1.82) is 0 Å². The van der Waals surface area contributed by atoms with E-state index in [-0.39, 0.29) is 0 Å². The van der Waals surface area contributed by atoms with Gasteiger partial charge in [0.2, 0.25) is 0 Å². The SMILES string of the molecule is CCNc1cncc(N2CCN(C3CC3)CC2)c1. The van der Waals surface area contributed by atoms with Gasteiger partial charge in [0.1, 0.15) is 0 Å². The van der Waals surface area contributed by atoms with Gasteiger partial charge in [0, 0.05) is 38.8 Å². The Morgan fingerprint density at radius 1 is 1.22 bits per heavy atom. The summed E-state index contributed by atoms with van der Waals surface area (Å²) in [5.41, 5.74) is 2.38. The Morgan fingerprint density at radius 2 is 2.00 bits per heavy atom. The summed E-state index contributed by atoms with van der Waals surface area (Å²) in [6.45, 7) is 7.73. The quantitative estimate of drug-likeness (QED) is 0.878. The zero-order valence-electron chi connectivity index (χ0n) is 11.1. The summed E-state index contributed by atoms with van der Waals surface area (Å²) < 4.78 is 0. The van der Waals surface area contributed by atoms with E-state index in [1.54, 1.807) is 0 Å². The van der Waals surface area contributed by atoms with Crippen LogP contribution in [-0.2, 0) is 0 Å². The molecule has 98 valence electrons. The number of nitrogens with zero attached hydrogens (tertiary/aromatic N) is 3. The molecule has 0 unspecified atom stereocenters. The van der Waals surface area contributed by atoms with Crippen molar-refractivity contribution in [2.45, 2.75) is 25.8 Å². The molecular weight excluding hydrogens is 224 g/mol. The van der Waals surface area contributed by atoms with Gasteiger partial charge in [-0.2, -0.15) is 0 Å². The maximum atomic E-state index is 4.33. The minimum absolute atomic E-state index is 0.901. The van der Waals surface area contributed by atoms with Crippen LogP contribution in [0.25, 0.3) is 0 Å². The molecule has 2 heterocycles. The van der Waals surface area contributed by atoms with Crippen LogP contribution in [0.4, 0.5) is 11.4 Å². The van der Waals surface area contributed by atoms with E-state index in [0.29, 0.717) is 0 Å². The van der Waals surface area contributed by atoms with Crippen LogP contribution < -0.4 is 10.2 Å². The van der Waals surface area contributed by atoms with Crippen LogP contribution in [0.3, 0.4) is 0 Å². The molecule has 3 rings (SSSR count). The minimum atomic E-state index is 0.901. The summed E-state index contributed by atoms with van der Waals surface area (Å²) in [5.74, 6) is 0. The fraction of sp³-hybridized carbons (Fsp3) is 0.643. The smallest absolute Gasteiger partial charge is 0.0574 e. The molecule has 1 saturated carbocycles. The monoisotopic (exact) mass is 246 g/mol. The largest absolute Gasteiger partial charge is 0.384 e. The summed E-state index contributed by atoms with van der Waals surface area (Å²) in [4.78, 5) is 9.42. The zero-order valence-corrected chi connectivity index (χ0v) is 11.1. The number of pyridine rings is 1. The van der Waals surface area contributed by atoms with Gasteiger partial charge < -0.3 is 10.2 Å². The average molecular weight is 246 g/mol. The van der Waals surface area contributed by atoms with E-state index >= 15 is 0 Å². The standard InChI is InChI=1S/C14H22N4/c1-2-16-12-9-14(11-15-10-12)18-7-5-17(6-8-18)13-3-4-13/h9-11,13,16H,2-8H2,1H3. The van der Waals surface area contributed by atoms with Crippen LogP contribution in [0.15, 0.2) is 18.5 Å². The first kappa shape index (κ1) is 11.8. The third-order valence-electron chi connectivity index (χ3n) is 3.85. The highest BCUT2D eigenvalue weighted by Crippen LogP contribution is 2.28. The molecule has 1 aliphatic heterocycles. The number of hydrogen-bond donors (Lipinski definition) is 1. The highest BCUT2D eigenvalue weighted by molar-refractivity contribution is 5.55. The van der Waals surface area contributed by atoms with Crippen LogP contribution in [0.5, 0.6) is 0 Å². The lowest BCUT2D eigenvalue weighted by Crippen LogP contribution is -2.47. The van der Waals surface area contributed by atoms with Crippen LogP contribution in [0, 0.1) is 0 Å². The Balaban J connectivity index is 1.62.